The van der Waals surface area contributed by atoms with Crippen LogP contribution in [0.25, 0.3) is 16.7 Å². The standard InChI is InChI=1S/C22H26FN5O3/c1-4-31-22(29)15-9-11-27(12-10-15)20-19-14(2)26-28(17-7-5-16(23)6-8-17)21(19)25-18(24-20)13-30-3/h5-8,15H,4,9-13H2,1-3H3. The van der Waals surface area contributed by atoms with Crippen molar-refractivity contribution in [3.8, 4) is 5.69 Å². The third-order valence-corrected chi connectivity index (χ3v) is 5.49. The maximum absolute atomic E-state index is 13.4. The van der Waals surface area contributed by atoms with E-state index in [1.165, 1.54) is 12.1 Å². The summed E-state index contributed by atoms with van der Waals surface area (Å²) >= 11 is 0. The Morgan fingerprint density at radius 3 is 2.55 bits per heavy atom. The lowest BCUT2D eigenvalue weighted by Crippen LogP contribution is -2.37. The fraction of sp³-hybridized carbons (Fsp3) is 0.455. The number of aromatic nitrogens is 4. The van der Waals surface area contributed by atoms with Crippen molar-refractivity contribution in [2.45, 2.75) is 33.3 Å². The Labute approximate surface area is 180 Å². The lowest BCUT2D eigenvalue weighted by Gasteiger charge is -2.32. The van der Waals surface area contributed by atoms with Gasteiger partial charge in [0.15, 0.2) is 11.5 Å². The number of methoxy groups -OCH3 is 1. The fourth-order valence-corrected chi connectivity index (χ4v) is 3.98. The van der Waals surface area contributed by atoms with Crippen LogP contribution in [0.2, 0.25) is 0 Å². The number of carbonyl (C=O) groups is 1. The van der Waals surface area contributed by atoms with Gasteiger partial charge in [0.25, 0.3) is 0 Å². The number of carbonyl (C=O) groups excluding carboxylic acids is 1. The Bertz CT molecular complexity index is 1070. The van der Waals surface area contributed by atoms with E-state index in [0.29, 0.717) is 49.7 Å². The third kappa shape index (κ3) is 4.23. The van der Waals surface area contributed by atoms with Crippen molar-refractivity contribution >= 4 is 22.8 Å². The molecule has 0 amide bonds. The Kier molecular flexibility index (Phi) is 6.13. The van der Waals surface area contributed by atoms with Crippen LogP contribution in [0.5, 0.6) is 0 Å². The molecule has 1 saturated heterocycles. The Morgan fingerprint density at radius 1 is 1.19 bits per heavy atom. The molecule has 2 aromatic heterocycles. The largest absolute Gasteiger partial charge is 0.466 e. The van der Waals surface area contributed by atoms with E-state index in [4.69, 9.17) is 14.5 Å². The highest BCUT2D eigenvalue weighted by atomic mass is 19.1. The van der Waals surface area contributed by atoms with Crippen LogP contribution >= 0.6 is 0 Å². The van der Waals surface area contributed by atoms with E-state index in [2.05, 4.69) is 15.0 Å². The number of benzene rings is 1. The average molecular weight is 427 g/mol. The highest BCUT2D eigenvalue weighted by Crippen LogP contribution is 2.32. The summed E-state index contributed by atoms with van der Waals surface area (Å²) in [6.07, 6.45) is 1.41. The molecular formula is C22H26FN5O3. The number of hydrogen-bond donors (Lipinski definition) is 0. The van der Waals surface area contributed by atoms with Crippen molar-refractivity contribution in [1.82, 2.24) is 19.7 Å². The number of esters is 1. The molecule has 8 nitrogen and oxygen atoms in total. The van der Waals surface area contributed by atoms with Crippen LogP contribution in [0.15, 0.2) is 24.3 Å². The molecule has 9 heteroatoms. The summed E-state index contributed by atoms with van der Waals surface area (Å²) in [7, 11) is 1.60. The number of piperidine rings is 1. The first-order chi connectivity index (χ1) is 15.0. The second kappa shape index (κ2) is 8.97. The fourth-order valence-electron chi connectivity index (χ4n) is 3.98. The number of ether oxygens (including phenoxy) is 2. The van der Waals surface area contributed by atoms with Gasteiger partial charge >= 0.3 is 5.97 Å². The molecule has 4 rings (SSSR count). The number of aryl methyl sites for hydroxylation is 1. The monoisotopic (exact) mass is 427 g/mol. The molecule has 0 atom stereocenters. The molecule has 0 unspecified atom stereocenters. The van der Waals surface area contributed by atoms with Crippen LogP contribution in [-0.2, 0) is 20.9 Å². The highest BCUT2D eigenvalue weighted by Gasteiger charge is 2.29. The van der Waals surface area contributed by atoms with Crippen molar-refractivity contribution in [2.24, 2.45) is 5.92 Å². The first-order valence-electron chi connectivity index (χ1n) is 10.4. The maximum atomic E-state index is 13.4. The molecular weight excluding hydrogens is 401 g/mol. The van der Waals surface area contributed by atoms with Gasteiger partial charge in [-0.3, -0.25) is 4.79 Å². The van der Waals surface area contributed by atoms with Crippen LogP contribution in [0.3, 0.4) is 0 Å². The van der Waals surface area contributed by atoms with Gasteiger partial charge in [-0.25, -0.2) is 19.0 Å². The number of rotatable bonds is 6. The SMILES string of the molecule is CCOC(=O)C1CCN(c2nc(COC)nc3c2c(C)nn3-c2ccc(F)cc2)CC1. The summed E-state index contributed by atoms with van der Waals surface area (Å²) in [5.41, 5.74) is 2.15. The number of halogens is 1. The smallest absolute Gasteiger partial charge is 0.309 e. The molecule has 0 N–H and O–H groups in total. The van der Waals surface area contributed by atoms with Crippen molar-refractivity contribution in [3.05, 3.63) is 41.6 Å². The van der Waals surface area contributed by atoms with Crippen LogP contribution < -0.4 is 4.90 Å². The zero-order valence-electron chi connectivity index (χ0n) is 18.0. The Morgan fingerprint density at radius 2 is 1.90 bits per heavy atom. The van der Waals surface area contributed by atoms with E-state index in [-0.39, 0.29) is 24.3 Å². The van der Waals surface area contributed by atoms with Crippen LogP contribution in [0, 0.1) is 18.7 Å². The summed E-state index contributed by atoms with van der Waals surface area (Å²) in [4.78, 5) is 23.7. The number of hydrogen-bond acceptors (Lipinski definition) is 7. The summed E-state index contributed by atoms with van der Waals surface area (Å²) in [6.45, 7) is 5.76. The summed E-state index contributed by atoms with van der Waals surface area (Å²) < 4.78 is 25.6. The Hall–Kier alpha value is -3.07. The van der Waals surface area contributed by atoms with E-state index in [0.717, 1.165) is 16.9 Å². The molecule has 0 bridgehead atoms. The summed E-state index contributed by atoms with van der Waals surface area (Å²) in [6, 6.07) is 6.14. The van der Waals surface area contributed by atoms with Gasteiger partial charge < -0.3 is 14.4 Å². The molecule has 1 aliphatic rings. The van der Waals surface area contributed by atoms with Crippen molar-refractivity contribution < 1.29 is 18.7 Å². The van der Waals surface area contributed by atoms with Gasteiger partial charge in [-0.15, -0.1) is 0 Å². The van der Waals surface area contributed by atoms with Crippen LogP contribution in [0.1, 0.15) is 31.3 Å². The predicted molar refractivity (Wildman–Crippen MR) is 114 cm³/mol. The van der Waals surface area contributed by atoms with Crippen molar-refractivity contribution in [2.75, 3.05) is 31.7 Å². The van der Waals surface area contributed by atoms with E-state index in [1.807, 2.05) is 13.8 Å². The highest BCUT2D eigenvalue weighted by molar-refractivity contribution is 5.91. The minimum Gasteiger partial charge on any atom is -0.466 e. The van der Waals surface area contributed by atoms with E-state index >= 15 is 0 Å². The summed E-state index contributed by atoms with van der Waals surface area (Å²) in [5.74, 6) is 0.799. The average Bonchev–Trinajstić information content (AvgIpc) is 3.11. The molecule has 31 heavy (non-hydrogen) atoms. The first-order valence-corrected chi connectivity index (χ1v) is 10.4. The first kappa shape index (κ1) is 21.2. The molecule has 164 valence electrons. The summed E-state index contributed by atoms with van der Waals surface area (Å²) in [5, 5.41) is 5.51. The maximum Gasteiger partial charge on any atom is 0.309 e. The minimum absolute atomic E-state index is 0.0880. The third-order valence-electron chi connectivity index (χ3n) is 5.49. The zero-order valence-corrected chi connectivity index (χ0v) is 18.0. The normalized spacial score (nSPS) is 14.9. The molecule has 1 aliphatic heterocycles. The van der Waals surface area contributed by atoms with Gasteiger partial charge in [0.2, 0.25) is 0 Å². The van der Waals surface area contributed by atoms with E-state index < -0.39 is 0 Å². The van der Waals surface area contributed by atoms with Crippen LogP contribution in [0.4, 0.5) is 10.2 Å². The quantitative estimate of drug-likeness (QED) is 0.559. The topological polar surface area (TPSA) is 82.4 Å². The van der Waals surface area contributed by atoms with E-state index in [9.17, 15) is 9.18 Å². The molecule has 0 spiro atoms. The second-order valence-electron chi connectivity index (χ2n) is 7.58. The molecule has 3 aromatic rings. The minimum atomic E-state index is -0.309. The molecule has 0 saturated carbocycles. The predicted octanol–water partition coefficient (Wildman–Crippen LogP) is 3.19. The molecule has 3 heterocycles. The molecule has 0 radical (unpaired) electrons. The van der Waals surface area contributed by atoms with Crippen LogP contribution in [-0.4, -0.2) is 52.5 Å². The van der Waals surface area contributed by atoms with Gasteiger partial charge in [-0.1, -0.05) is 0 Å². The van der Waals surface area contributed by atoms with E-state index in [1.54, 1.807) is 23.9 Å². The second-order valence-corrected chi connectivity index (χ2v) is 7.58. The Balaban J connectivity index is 1.73. The number of anilines is 1. The lowest BCUT2D eigenvalue weighted by atomic mass is 9.97. The van der Waals surface area contributed by atoms with Crippen molar-refractivity contribution in [1.29, 1.82) is 0 Å². The molecule has 1 fully saturated rings. The van der Waals surface area contributed by atoms with Gasteiger partial charge in [-0.2, -0.15) is 5.10 Å². The van der Waals surface area contributed by atoms with Gasteiger partial charge in [0.05, 0.1) is 29.3 Å². The number of fused-ring (bicyclic) bond motifs is 1. The number of nitrogens with zero attached hydrogens (tertiary/aromatic N) is 5. The van der Waals surface area contributed by atoms with Gasteiger partial charge in [0, 0.05) is 20.2 Å². The van der Waals surface area contributed by atoms with Gasteiger partial charge in [0.1, 0.15) is 18.2 Å². The molecule has 0 aliphatic carbocycles. The lowest BCUT2D eigenvalue weighted by molar-refractivity contribution is -0.148. The van der Waals surface area contributed by atoms with Gasteiger partial charge in [-0.05, 0) is 51.0 Å². The zero-order chi connectivity index (χ0) is 22.0. The van der Waals surface area contributed by atoms with Crippen molar-refractivity contribution in [3.63, 3.8) is 0 Å². The molecule has 1 aromatic carbocycles.